The fourth-order valence-corrected chi connectivity index (χ4v) is 2.90. The minimum Gasteiger partial charge on any atom is -0.330 e. The van der Waals surface area contributed by atoms with Crippen LogP contribution >= 0.6 is 0 Å². The van der Waals surface area contributed by atoms with Gasteiger partial charge in [0.1, 0.15) is 0 Å². The Labute approximate surface area is 94.0 Å². The second kappa shape index (κ2) is 5.86. The van der Waals surface area contributed by atoms with Crippen LogP contribution in [0.15, 0.2) is 0 Å². The van der Waals surface area contributed by atoms with Crippen molar-refractivity contribution in [2.45, 2.75) is 44.9 Å². The van der Waals surface area contributed by atoms with Crippen LogP contribution in [0.5, 0.6) is 0 Å². The Morgan fingerprint density at radius 1 is 1.07 bits per heavy atom. The molecule has 2 fully saturated rings. The van der Waals surface area contributed by atoms with Crippen LogP contribution in [0.25, 0.3) is 0 Å². The lowest BCUT2D eigenvalue weighted by Crippen LogP contribution is -2.29. The Hall–Kier alpha value is -0.0800. The Morgan fingerprint density at radius 2 is 1.87 bits per heavy atom. The lowest BCUT2D eigenvalue weighted by molar-refractivity contribution is 0.372. The summed E-state index contributed by atoms with van der Waals surface area (Å²) in [5, 5.41) is 3.62. The third-order valence-electron chi connectivity index (χ3n) is 4.19. The Kier molecular flexibility index (Phi) is 4.45. The Morgan fingerprint density at radius 3 is 2.60 bits per heavy atom. The van der Waals surface area contributed by atoms with Crippen molar-refractivity contribution in [3.63, 3.8) is 0 Å². The molecule has 2 atom stereocenters. The maximum absolute atomic E-state index is 5.77. The van der Waals surface area contributed by atoms with Crippen molar-refractivity contribution in [3.05, 3.63) is 0 Å². The molecule has 0 aromatic heterocycles. The van der Waals surface area contributed by atoms with Crippen molar-refractivity contribution in [2.24, 2.45) is 23.5 Å². The van der Waals surface area contributed by atoms with E-state index in [1.807, 2.05) is 0 Å². The molecule has 0 saturated heterocycles. The van der Waals surface area contributed by atoms with Crippen LogP contribution in [0.2, 0.25) is 0 Å². The second-order valence-electron chi connectivity index (χ2n) is 5.48. The van der Waals surface area contributed by atoms with Gasteiger partial charge >= 0.3 is 0 Å². The van der Waals surface area contributed by atoms with Gasteiger partial charge in [-0.3, -0.25) is 0 Å². The van der Waals surface area contributed by atoms with Gasteiger partial charge < -0.3 is 11.1 Å². The average molecular weight is 210 g/mol. The highest BCUT2D eigenvalue weighted by atomic mass is 14.9. The zero-order valence-electron chi connectivity index (χ0n) is 9.88. The van der Waals surface area contributed by atoms with Crippen molar-refractivity contribution in [3.8, 4) is 0 Å². The van der Waals surface area contributed by atoms with Gasteiger partial charge in [0.15, 0.2) is 0 Å². The first-order valence-electron chi connectivity index (χ1n) is 6.81. The first-order valence-corrected chi connectivity index (χ1v) is 6.81. The molecule has 0 spiro atoms. The van der Waals surface area contributed by atoms with Gasteiger partial charge in [-0.2, -0.15) is 0 Å². The van der Waals surface area contributed by atoms with E-state index < -0.39 is 0 Å². The molecule has 0 heterocycles. The van der Waals surface area contributed by atoms with E-state index in [0.717, 1.165) is 24.3 Å². The highest BCUT2D eigenvalue weighted by Gasteiger charge is 2.25. The molecule has 2 heteroatoms. The molecule has 0 aliphatic heterocycles. The number of rotatable bonds is 7. The molecule has 2 aliphatic carbocycles. The first kappa shape index (κ1) is 11.4. The van der Waals surface area contributed by atoms with Crippen molar-refractivity contribution in [2.75, 3.05) is 19.6 Å². The van der Waals surface area contributed by atoms with E-state index in [1.54, 1.807) is 0 Å². The van der Waals surface area contributed by atoms with E-state index >= 15 is 0 Å². The fraction of sp³-hybridized carbons (Fsp3) is 1.00. The van der Waals surface area contributed by atoms with Crippen LogP contribution in [-0.2, 0) is 0 Å². The predicted octanol–water partition coefficient (Wildman–Crippen LogP) is 2.14. The SMILES string of the molecule is NCC1CCCC1CNCCCC1CC1. The van der Waals surface area contributed by atoms with E-state index in [-0.39, 0.29) is 0 Å². The van der Waals surface area contributed by atoms with Gasteiger partial charge in [0.25, 0.3) is 0 Å². The summed E-state index contributed by atoms with van der Waals surface area (Å²) in [4.78, 5) is 0. The molecule has 2 saturated carbocycles. The summed E-state index contributed by atoms with van der Waals surface area (Å²) in [6, 6.07) is 0. The monoisotopic (exact) mass is 210 g/mol. The molecule has 0 aromatic carbocycles. The van der Waals surface area contributed by atoms with Gasteiger partial charge in [-0.1, -0.05) is 19.3 Å². The highest BCUT2D eigenvalue weighted by Crippen LogP contribution is 2.33. The molecule has 0 radical (unpaired) electrons. The average Bonchev–Trinajstić information content (AvgIpc) is 2.96. The topological polar surface area (TPSA) is 38.0 Å². The Bertz CT molecular complexity index is 177. The number of nitrogens with one attached hydrogen (secondary N) is 1. The maximum Gasteiger partial charge on any atom is -0.00174 e. The fourth-order valence-electron chi connectivity index (χ4n) is 2.90. The zero-order valence-corrected chi connectivity index (χ0v) is 9.88. The quantitative estimate of drug-likeness (QED) is 0.632. The van der Waals surface area contributed by atoms with Gasteiger partial charge in [0.05, 0.1) is 0 Å². The molecule has 0 amide bonds. The second-order valence-corrected chi connectivity index (χ2v) is 5.48. The predicted molar refractivity (Wildman–Crippen MR) is 64.7 cm³/mol. The van der Waals surface area contributed by atoms with E-state index in [0.29, 0.717) is 0 Å². The highest BCUT2D eigenvalue weighted by molar-refractivity contribution is 4.79. The van der Waals surface area contributed by atoms with Crippen LogP contribution < -0.4 is 11.1 Å². The summed E-state index contributed by atoms with van der Waals surface area (Å²) in [5.41, 5.74) is 5.77. The molecule has 0 bridgehead atoms. The number of hydrogen-bond acceptors (Lipinski definition) is 2. The lowest BCUT2D eigenvalue weighted by Gasteiger charge is -2.18. The third kappa shape index (κ3) is 3.76. The van der Waals surface area contributed by atoms with Gasteiger partial charge in [-0.05, 0) is 63.1 Å². The molecule has 88 valence electrons. The molecule has 2 unspecified atom stereocenters. The van der Waals surface area contributed by atoms with Crippen molar-refractivity contribution in [1.82, 2.24) is 5.32 Å². The van der Waals surface area contributed by atoms with E-state index in [2.05, 4.69) is 5.32 Å². The summed E-state index contributed by atoms with van der Waals surface area (Å²) in [6.07, 6.45) is 10.00. The Balaban J connectivity index is 1.48. The maximum atomic E-state index is 5.77. The van der Waals surface area contributed by atoms with Crippen LogP contribution in [-0.4, -0.2) is 19.6 Å². The zero-order chi connectivity index (χ0) is 10.5. The number of nitrogens with two attached hydrogens (primary N) is 1. The standard InChI is InChI=1S/C13H26N2/c14-9-12-4-1-5-13(12)10-15-8-2-3-11-6-7-11/h11-13,15H,1-10,14H2. The molecule has 0 aromatic rings. The van der Waals surface area contributed by atoms with Crippen molar-refractivity contribution in [1.29, 1.82) is 0 Å². The van der Waals surface area contributed by atoms with Crippen LogP contribution in [0, 0.1) is 17.8 Å². The van der Waals surface area contributed by atoms with Gasteiger partial charge in [-0.15, -0.1) is 0 Å². The molecule has 2 aliphatic rings. The minimum absolute atomic E-state index is 0.806. The summed E-state index contributed by atoms with van der Waals surface area (Å²) >= 11 is 0. The molecule has 3 N–H and O–H groups in total. The largest absolute Gasteiger partial charge is 0.330 e. The summed E-state index contributed by atoms with van der Waals surface area (Å²) in [7, 11) is 0. The molecule has 2 nitrogen and oxygen atoms in total. The molecule has 15 heavy (non-hydrogen) atoms. The van der Waals surface area contributed by atoms with E-state index in [4.69, 9.17) is 5.73 Å². The summed E-state index contributed by atoms with van der Waals surface area (Å²) < 4.78 is 0. The van der Waals surface area contributed by atoms with E-state index in [9.17, 15) is 0 Å². The molecular formula is C13H26N2. The van der Waals surface area contributed by atoms with E-state index in [1.165, 1.54) is 58.0 Å². The molecular weight excluding hydrogens is 184 g/mol. The minimum atomic E-state index is 0.806. The van der Waals surface area contributed by atoms with Crippen molar-refractivity contribution >= 4 is 0 Å². The molecule has 2 rings (SSSR count). The smallest absolute Gasteiger partial charge is 0.00174 e. The summed E-state index contributed by atoms with van der Waals surface area (Å²) in [6.45, 7) is 3.34. The summed E-state index contributed by atoms with van der Waals surface area (Å²) in [5.74, 6) is 2.77. The van der Waals surface area contributed by atoms with Gasteiger partial charge in [0, 0.05) is 0 Å². The van der Waals surface area contributed by atoms with Crippen LogP contribution in [0.4, 0.5) is 0 Å². The van der Waals surface area contributed by atoms with Gasteiger partial charge in [0.2, 0.25) is 0 Å². The van der Waals surface area contributed by atoms with Crippen molar-refractivity contribution < 1.29 is 0 Å². The third-order valence-corrected chi connectivity index (χ3v) is 4.19. The van der Waals surface area contributed by atoms with Gasteiger partial charge in [-0.25, -0.2) is 0 Å². The first-order chi connectivity index (χ1) is 7.40. The lowest BCUT2D eigenvalue weighted by atomic mass is 9.96. The number of hydrogen-bond donors (Lipinski definition) is 2. The van der Waals surface area contributed by atoms with Crippen LogP contribution in [0.3, 0.4) is 0 Å². The normalized spacial score (nSPS) is 31.0. The van der Waals surface area contributed by atoms with Crippen LogP contribution in [0.1, 0.15) is 44.9 Å².